The molecule has 1 aromatic heterocycles. The molecule has 2 bridgehead atoms. The minimum absolute atomic E-state index is 0.469. The summed E-state index contributed by atoms with van der Waals surface area (Å²) < 4.78 is 0. The van der Waals surface area contributed by atoms with E-state index in [9.17, 15) is 9.59 Å². The molecule has 0 spiro atoms. The van der Waals surface area contributed by atoms with E-state index in [1.807, 2.05) is 24.4 Å². The highest BCUT2D eigenvalue weighted by Crippen LogP contribution is 2.42. The highest BCUT2D eigenvalue weighted by Gasteiger charge is 2.35. The van der Waals surface area contributed by atoms with Crippen molar-refractivity contribution in [1.29, 1.82) is 0 Å². The molecule has 0 saturated heterocycles. The van der Waals surface area contributed by atoms with Crippen LogP contribution in [0, 0.1) is 17.8 Å². The van der Waals surface area contributed by atoms with Crippen LogP contribution in [0.4, 0.5) is 5.69 Å². The summed E-state index contributed by atoms with van der Waals surface area (Å²) in [5.74, 6) is 0.525. The van der Waals surface area contributed by atoms with Crippen molar-refractivity contribution in [3.8, 4) is 0 Å². The minimum Gasteiger partial charge on any atom is -0.361 e. The van der Waals surface area contributed by atoms with Crippen molar-refractivity contribution in [1.82, 2.24) is 10.3 Å². The molecule has 3 unspecified atom stereocenters. The number of nitrogens with one attached hydrogen (secondary N) is 3. The molecule has 4 rings (SSSR count). The van der Waals surface area contributed by atoms with Crippen molar-refractivity contribution in [2.75, 3.05) is 11.9 Å². The minimum atomic E-state index is -0.616. The zero-order chi connectivity index (χ0) is 15.8. The normalized spacial score (nSPS) is 25.0. The zero-order valence-corrected chi connectivity index (χ0v) is 12.7. The summed E-state index contributed by atoms with van der Waals surface area (Å²) in [5.41, 5.74) is 1.54. The summed E-state index contributed by atoms with van der Waals surface area (Å²) in [7, 11) is 0. The van der Waals surface area contributed by atoms with Gasteiger partial charge in [-0.05, 0) is 54.2 Å². The van der Waals surface area contributed by atoms with Crippen LogP contribution in [0.1, 0.15) is 12.8 Å². The monoisotopic (exact) mass is 309 g/mol. The largest absolute Gasteiger partial charge is 0.361 e. The second kappa shape index (κ2) is 5.57. The van der Waals surface area contributed by atoms with Crippen LogP contribution in [0.2, 0.25) is 0 Å². The number of hydrogen-bond acceptors (Lipinski definition) is 2. The van der Waals surface area contributed by atoms with Crippen LogP contribution in [0.3, 0.4) is 0 Å². The van der Waals surface area contributed by atoms with E-state index in [1.165, 1.54) is 6.42 Å². The third-order valence-electron chi connectivity index (χ3n) is 4.96. The number of benzene rings is 1. The fourth-order valence-corrected chi connectivity index (χ4v) is 3.75. The van der Waals surface area contributed by atoms with E-state index in [4.69, 9.17) is 0 Å². The number of rotatable bonds is 3. The molecule has 0 radical (unpaired) electrons. The van der Waals surface area contributed by atoms with Gasteiger partial charge in [0.1, 0.15) is 0 Å². The van der Waals surface area contributed by atoms with E-state index < -0.39 is 11.8 Å². The first-order valence-corrected chi connectivity index (χ1v) is 8.04. The number of fused-ring (bicyclic) bond motifs is 3. The Morgan fingerprint density at radius 1 is 1.13 bits per heavy atom. The first-order chi connectivity index (χ1) is 11.2. The molecule has 3 N–H and O–H groups in total. The van der Waals surface area contributed by atoms with Crippen molar-refractivity contribution < 1.29 is 9.59 Å². The maximum Gasteiger partial charge on any atom is 0.313 e. The third-order valence-corrected chi connectivity index (χ3v) is 4.96. The van der Waals surface area contributed by atoms with Crippen molar-refractivity contribution in [2.45, 2.75) is 12.8 Å². The maximum atomic E-state index is 12.0. The number of amides is 2. The summed E-state index contributed by atoms with van der Waals surface area (Å²) in [6.45, 7) is 0.577. The molecular weight excluding hydrogens is 290 g/mol. The summed E-state index contributed by atoms with van der Waals surface area (Å²) in [4.78, 5) is 27.1. The Labute approximate surface area is 134 Å². The van der Waals surface area contributed by atoms with Crippen LogP contribution in [-0.2, 0) is 9.59 Å². The molecule has 2 aromatic rings. The lowest BCUT2D eigenvalue weighted by Gasteiger charge is -2.18. The number of anilines is 1. The quantitative estimate of drug-likeness (QED) is 0.602. The van der Waals surface area contributed by atoms with Crippen LogP contribution < -0.4 is 10.6 Å². The van der Waals surface area contributed by atoms with Gasteiger partial charge in [-0.2, -0.15) is 0 Å². The topological polar surface area (TPSA) is 74.0 Å². The average molecular weight is 309 g/mol. The van der Waals surface area contributed by atoms with Gasteiger partial charge in [0, 0.05) is 23.9 Å². The molecule has 1 aromatic carbocycles. The van der Waals surface area contributed by atoms with Crippen molar-refractivity contribution in [3.05, 3.63) is 42.6 Å². The predicted molar refractivity (Wildman–Crippen MR) is 88.8 cm³/mol. The summed E-state index contributed by atoms with van der Waals surface area (Å²) in [6.07, 6.45) is 8.67. The number of H-pyrrole nitrogens is 1. The van der Waals surface area contributed by atoms with Gasteiger partial charge in [-0.25, -0.2) is 0 Å². The molecule has 5 nitrogen and oxygen atoms in total. The van der Waals surface area contributed by atoms with Gasteiger partial charge in [0.05, 0.1) is 0 Å². The van der Waals surface area contributed by atoms with E-state index in [2.05, 4.69) is 27.8 Å². The first kappa shape index (κ1) is 14.1. The lowest BCUT2D eigenvalue weighted by atomic mass is 9.94. The molecule has 0 aliphatic heterocycles. The fraction of sp³-hybridized carbons (Fsp3) is 0.333. The standard InChI is InChI=1S/C18H19N3O2/c22-17(20-10-14-8-11-1-2-13(14)7-11)18(23)21-15-4-3-12-5-6-19-16(12)9-15/h1-6,9,11,13-14,19H,7-8,10H2,(H,20,22)(H,21,23). The van der Waals surface area contributed by atoms with Gasteiger partial charge in [0.2, 0.25) is 0 Å². The molecule has 1 saturated carbocycles. The molecule has 1 fully saturated rings. The van der Waals surface area contributed by atoms with Gasteiger partial charge in [-0.3, -0.25) is 9.59 Å². The molecule has 3 atom stereocenters. The first-order valence-electron chi connectivity index (χ1n) is 8.04. The third kappa shape index (κ3) is 2.74. The molecule has 118 valence electrons. The number of carbonyl (C=O) groups is 2. The molecular formula is C18H19N3O2. The molecule has 23 heavy (non-hydrogen) atoms. The SMILES string of the molecule is O=C(NCC1CC2C=CC1C2)C(=O)Nc1ccc2cc[nH]c2c1. The number of aromatic nitrogens is 1. The highest BCUT2D eigenvalue weighted by molar-refractivity contribution is 6.39. The van der Waals surface area contributed by atoms with E-state index >= 15 is 0 Å². The van der Waals surface area contributed by atoms with Gasteiger partial charge in [0.15, 0.2) is 0 Å². The number of hydrogen-bond donors (Lipinski definition) is 3. The van der Waals surface area contributed by atoms with Crippen molar-refractivity contribution in [3.63, 3.8) is 0 Å². The Kier molecular flexibility index (Phi) is 3.41. The molecule has 5 heteroatoms. The molecule has 2 aliphatic rings. The second-order valence-corrected chi connectivity index (χ2v) is 6.48. The zero-order valence-electron chi connectivity index (χ0n) is 12.7. The Balaban J connectivity index is 1.33. The van der Waals surface area contributed by atoms with Crippen LogP contribution in [0.5, 0.6) is 0 Å². The Morgan fingerprint density at radius 2 is 2.04 bits per heavy atom. The highest BCUT2D eigenvalue weighted by atomic mass is 16.2. The van der Waals surface area contributed by atoms with Crippen LogP contribution in [0.25, 0.3) is 10.9 Å². The van der Waals surface area contributed by atoms with Crippen LogP contribution >= 0.6 is 0 Å². The average Bonchev–Trinajstić information content (AvgIpc) is 3.27. The van der Waals surface area contributed by atoms with Gasteiger partial charge in [-0.15, -0.1) is 0 Å². The lowest BCUT2D eigenvalue weighted by Crippen LogP contribution is -2.38. The smallest absolute Gasteiger partial charge is 0.313 e. The van der Waals surface area contributed by atoms with Gasteiger partial charge in [-0.1, -0.05) is 18.2 Å². The van der Waals surface area contributed by atoms with Crippen molar-refractivity contribution in [2.24, 2.45) is 17.8 Å². The number of aromatic amines is 1. The van der Waals surface area contributed by atoms with E-state index in [1.54, 1.807) is 6.07 Å². The van der Waals surface area contributed by atoms with Crippen LogP contribution in [0.15, 0.2) is 42.6 Å². The summed E-state index contributed by atoms with van der Waals surface area (Å²) in [6, 6.07) is 7.47. The van der Waals surface area contributed by atoms with Crippen molar-refractivity contribution >= 4 is 28.4 Å². The molecule has 2 aliphatic carbocycles. The number of allylic oxidation sites excluding steroid dienone is 2. The summed E-state index contributed by atoms with van der Waals surface area (Å²) in [5, 5.41) is 6.48. The maximum absolute atomic E-state index is 12.0. The second-order valence-electron chi connectivity index (χ2n) is 6.48. The Morgan fingerprint density at radius 3 is 2.83 bits per heavy atom. The van der Waals surface area contributed by atoms with Gasteiger partial charge >= 0.3 is 11.8 Å². The van der Waals surface area contributed by atoms with E-state index in [0.717, 1.165) is 17.3 Å². The van der Waals surface area contributed by atoms with E-state index in [-0.39, 0.29) is 0 Å². The Hall–Kier alpha value is -2.56. The van der Waals surface area contributed by atoms with Crippen LogP contribution in [-0.4, -0.2) is 23.3 Å². The number of carbonyl (C=O) groups excluding carboxylic acids is 2. The van der Waals surface area contributed by atoms with Gasteiger partial charge < -0.3 is 15.6 Å². The van der Waals surface area contributed by atoms with E-state index in [0.29, 0.717) is 30.0 Å². The predicted octanol–water partition coefficient (Wildman–Crippen LogP) is 2.43. The lowest BCUT2D eigenvalue weighted by molar-refractivity contribution is -0.136. The Bertz CT molecular complexity index is 792. The molecule has 1 heterocycles. The molecule has 2 amide bonds. The summed E-state index contributed by atoms with van der Waals surface area (Å²) >= 11 is 0. The fourth-order valence-electron chi connectivity index (χ4n) is 3.75. The van der Waals surface area contributed by atoms with Gasteiger partial charge in [0.25, 0.3) is 0 Å².